The summed E-state index contributed by atoms with van der Waals surface area (Å²) in [6, 6.07) is 97.5. The molecule has 0 atom stereocenters. The Labute approximate surface area is 370 Å². The molecule has 0 radical (unpaired) electrons. The first kappa shape index (κ1) is 45.5. The van der Waals surface area contributed by atoms with Gasteiger partial charge in [0.2, 0.25) is 0 Å². The van der Waals surface area contributed by atoms with Crippen molar-refractivity contribution >= 4 is 78.3 Å². The van der Waals surface area contributed by atoms with Gasteiger partial charge in [-0.3, -0.25) is 6.79 Å². The SMILES string of the molecule is [CH-]=O.[Ni].c1ccc([PH+](c2ccccc2)c2ccccc2)cc1.c1ccc([PH+](c2ccccc2)c2ccccc2)cc1.c1ccc([PH+](c2ccccc2)c2ccccc2)cc1. The van der Waals surface area contributed by atoms with Gasteiger partial charge in [-0.25, -0.2) is 0 Å². The number of benzene rings is 9. The zero-order chi connectivity index (χ0) is 40.7. The van der Waals surface area contributed by atoms with Crippen molar-refractivity contribution < 1.29 is 21.3 Å². The van der Waals surface area contributed by atoms with Crippen LogP contribution in [0, 0.1) is 0 Å². The molecule has 0 fully saturated rings. The molecule has 60 heavy (non-hydrogen) atoms. The molecular formula is C55H49NiOP3+2. The van der Waals surface area contributed by atoms with Crippen molar-refractivity contribution in [1.29, 1.82) is 0 Å². The number of rotatable bonds is 9. The van der Waals surface area contributed by atoms with Gasteiger partial charge in [-0.1, -0.05) is 164 Å². The Kier molecular flexibility index (Phi) is 19.6. The van der Waals surface area contributed by atoms with E-state index in [1.807, 2.05) is 0 Å². The van der Waals surface area contributed by atoms with Gasteiger partial charge in [0.25, 0.3) is 0 Å². The Balaban J connectivity index is 0.000000166. The minimum Gasteiger partial charge on any atom is -0.545 e. The number of hydrogen-bond donors (Lipinski definition) is 0. The average molecular weight is 878 g/mol. The molecule has 0 aliphatic rings. The Bertz CT molecular complexity index is 1890. The zero-order valence-corrected chi connectivity index (χ0v) is 37.3. The smallest absolute Gasteiger partial charge is 0.102 e. The van der Waals surface area contributed by atoms with Gasteiger partial charge in [-0.2, -0.15) is 0 Å². The second kappa shape index (κ2) is 25.8. The summed E-state index contributed by atoms with van der Waals surface area (Å²) in [4.78, 5) is 7.75. The van der Waals surface area contributed by atoms with Gasteiger partial charge in [0.15, 0.2) is 0 Å². The first-order chi connectivity index (χ1) is 29.3. The Morgan fingerprint density at radius 3 is 0.350 bits per heavy atom. The van der Waals surface area contributed by atoms with Gasteiger partial charge in [0, 0.05) is 16.5 Å². The molecule has 1 nitrogen and oxygen atoms in total. The van der Waals surface area contributed by atoms with Crippen LogP contribution in [0.2, 0.25) is 0 Å². The molecule has 9 aromatic rings. The van der Waals surface area contributed by atoms with Gasteiger partial charge >= 0.3 is 0 Å². The van der Waals surface area contributed by atoms with Crippen molar-refractivity contribution in [2.24, 2.45) is 0 Å². The third-order valence-electron chi connectivity index (χ3n) is 9.56. The largest absolute Gasteiger partial charge is 0.545 e. The van der Waals surface area contributed by atoms with E-state index >= 15 is 0 Å². The molecule has 0 bridgehead atoms. The van der Waals surface area contributed by atoms with Crippen LogP contribution in [0.3, 0.4) is 0 Å². The van der Waals surface area contributed by atoms with Gasteiger partial charge in [-0.15, -0.1) is 0 Å². The van der Waals surface area contributed by atoms with E-state index in [2.05, 4.69) is 280 Å². The van der Waals surface area contributed by atoms with Crippen LogP contribution in [0.4, 0.5) is 0 Å². The van der Waals surface area contributed by atoms with E-state index in [4.69, 9.17) is 4.79 Å². The Hall–Kier alpha value is -5.57. The molecule has 0 spiro atoms. The predicted molar refractivity (Wildman–Crippen MR) is 266 cm³/mol. The molecule has 0 aromatic heterocycles. The Morgan fingerprint density at radius 2 is 0.267 bits per heavy atom. The zero-order valence-electron chi connectivity index (χ0n) is 33.3. The summed E-state index contributed by atoms with van der Waals surface area (Å²) in [6.07, 6.45) is 0. The molecule has 0 unspecified atom stereocenters. The van der Waals surface area contributed by atoms with Gasteiger partial charge < -0.3 is 4.79 Å². The number of hydrogen-bond acceptors (Lipinski definition) is 1. The summed E-state index contributed by atoms with van der Waals surface area (Å²) in [6.45, 7) is 3.25. The van der Waals surface area contributed by atoms with Gasteiger partial charge in [0.05, 0.1) is 23.8 Å². The first-order valence-electron chi connectivity index (χ1n) is 19.7. The molecule has 0 amide bonds. The summed E-state index contributed by atoms with van der Waals surface area (Å²) in [7, 11) is -2.63. The summed E-state index contributed by atoms with van der Waals surface area (Å²) in [5, 5.41) is 12.9. The van der Waals surface area contributed by atoms with Gasteiger partial charge in [-0.05, 0) is 109 Å². The van der Waals surface area contributed by atoms with Crippen LogP contribution in [0.5, 0.6) is 0 Å². The van der Waals surface area contributed by atoms with Crippen LogP contribution in [0.1, 0.15) is 0 Å². The van der Waals surface area contributed by atoms with Gasteiger partial charge in [0.1, 0.15) is 47.7 Å². The van der Waals surface area contributed by atoms with E-state index in [0.717, 1.165) is 0 Å². The monoisotopic (exact) mass is 876 g/mol. The molecule has 5 heteroatoms. The van der Waals surface area contributed by atoms with Crippen molar-refractivity contribution in [2.75, 3.05) is 0 Å². The van der Waals surface area contributed by atoms with Crippen molar-refractivity contribution in [3.63, 3.8) is 0 Å². The molecule has 298 valence electrons. The molecule has 0 N–H and O–H groups in total. The molecule has 0 heterocycles. The third kappa shape index (κ3) is 13.2. The minimum atomic E-state index is -0.877. The van der Waals surface area contributed by atoms with Crippen molar-refractivity contribution in [2.45, 2.75) is 0 Å². The summed E-state index contributed by atoms with van der Waals surface area (Å²) in [5.41, 5.74) is 0. The fourth-order valence-corrected chi connectivity index (χ4v) is 14.7. The second-order valence-corrected chi connectivity index (χ2v) is 20.9. The summed E-state index contributed by atoms with van der Waals surface area (Å²) >= 11 is 0. The third-order valence-corrected chi connectivity index (χ3v) is 17.8. The quantitative estimate of drug-likeness (QED) is 0.0612. The van der Waals surface area contributed by atoms with E-state index in [1.54, 1.807) is 0 Å². The maximum Gasteiger partial charge on any atom is 0.102 e. The summed E-state index contributed by atoms with van der Waals surface area (Å²) < 4.78 is 0. The second-order valence-electron chi connectivity index (χ2n) is 13.4. The van der Waals surface area contributed by atoms with E-state index in [9.17, 15) is 0 Å². The molecule has 0 saturated heterocycles. The molecule has 0 saturated carbocycles. The van der Waals surface area contributed by atoms with Crippen molar-refractivity contribution in [1.82, 2.24) is 0 Å². The molecule has 9 rings (SSSR count). The first-order valence-corrected chi connectivity index (χ1v) is 24.2. The molecule has 0 aliphatic heterocycles. The van der Waals surface area contributed by atoms with E-state index in [0.29, 0.717) is 0 Å². The van der Waals surface area contributed by atoms with Crippen molar-refractivity contribution in [3.05, 3.63) is 273 Å². The van der Waals surface area contributed by atoms with Crippen LogP contribution in [0.15, 0.2) is 273 Å². The van der Waals surface area contributed by atoms with Crippen LogP contribution in [-0.4, -0.2) is 6.79 Å². The molecule has 0 aliphatic carbocycles. The maximum atomic E-state index is 7.75. The predicted octanol–water partition coefficient (Wildman–Crippen LogP) is 9.25. The molecule has 9 aromatic carbocycles. The van der Waals surface area contributed by atoms with Crippen LogP contribution in [-0.2, 0) is 21.3 Å². The topological polar surface area (TPSA) is 17.1 Å². The Morgan fingerprint density at radius 1 is 0.183 bits per heavy atom. The average Bonchev–Trinajstić information content (AvgIpc) is 3.34. The van der Waals surface area contributed by atoms with Crippen LogP contribution < -0.4 is 47.7 Å². The van der Waals surface area contributed by atoms with Crippen LogP contribution >= 0.6 is 23.8 Å². The minimum absolute atomic E-state index is 0. The standard InChI is InChI=1S/3C18H15P.CHO.Ni/c3*1-4-10-16(11-5-1)19(17-12-6-2-7-13-17)18-14-8-3-9-15-18;1-2;/h3*1-15H;1H;/q;;;-1;/p+3. The fourth-order valence-electron chi connectivity index (χ4n) is 6.94. The molecular weight excluding hydrogens is 828 g/mol. The van der Waals surface area contributed by atoms with E-state index in [1.165, 1.54) is 47.7 Å². The van der Waals surface area contributed by atoms with Crippen molar-refractivity contribution in [3.8, 4) is 0 Å². The fraction of sp³-hybridized carbons (Fsp3) is 0. The maximum absolute atomic E-state index is 7.75. The summed E-state index contributed by atoms with van der Waals surface area (Å²) in [5.74, 6) is 0. The normalized spacial score (nSPS) is 10.1. The van der Waals surface area contributed by atoms with Crippen LogP contribution in [0.25, 0.3) is 0 Å². The van der Waals surface area contributed by atoms with E-state index in [-0.39, 0.29) is 16.5 Å². The number of carbonyl (C=O) groups excluding carboxylic acids is 1. The van der Waals surface area contributed by atoms with E-state index < -0.39 is 23.8 Å².